The molecule has 0 spiro atoms. The maximum absolute atomic E-state index is 12.1. The van der Waals surface area contributed by atoms with E-state index in [1.807, 2.05) is 74.6 Å². The average Bonchev–Trinajstić information content (AvgIpc) is 4.05. The first-order chi connectivity index (χ1) is 31.9. The number of ketones is 1. The number of alkyl halides is 3. The minimum atomic E-state index is -2.81. The quantitative estimate of drug-likeness (QED) is 0.0858. The Morgan fingerprint density at radius 3 is 1.16 bits per heavy atom. The first-order valence-corrected chi connectivity index (χ1v) is 23.3. The fraction of sp³-hybridized carbons (Fsp3) is 0.840. The molecule has 0 heterocycles. The molecule has 0 saturated heterocycles. The van der Waals surface area contributed by atoms with Crippen molar-refractivity contribution in [3.05, 3.63) is 0 Å². The Hall–Kier alpha value is -4.29. The molecule has 0 aromatic rings. The zero-order valence-electron chi connectivity index (χ0n) is 49.3. The number of Topliss-reactive ketones (excluding diaryl/α,β-unsaturated/α-hetero) is 1. The van der Waals surface area contributed by atoms with Gasteiger partial charge < -0.3 is 41.5 Å². The van der Waals surface area contributed by atoms with Crippen LogP contribution in [-0.4, -0.2) is 132 Å². The van der Waals surface area contributed by atoms with Crippen molar-refractivity contribution in [3.63, 3.8) is 0 Å². The van der Waals surface area contributed by atoms with Crippen molar-refractivity contribution in [1.29, 1.82) is 0 Å². The summed E-state index contributed by atoms with van der Waals surface area (Å²) in [5, 5.41) is 14.6. The number of rotatable bonds is 16. The van der Waals surface area contributed by atoms with Gasteiger partial charge in [0.15, 0.2) is 0 Å². The first-order valence-electron chi connectivity index (χ1n) is 24.8. The van der Waals surface area contributed by atoms with Gasteiger partial charge in [-0.2, -0.15) is 0 Å². The van der Waals surface area contributed by atoms with Crippen molar-refractivity contribution in [3.8, 4) is 0 Å². The predicted octanol–water partition coefficient (Wildman–Crippen LogP) is 7.23. The maximum atomic E-state index is 12.1. The summed E-state index contributed by atoms with van der Waals surface area (Å²) < 4.78 is 61.1. The number of amides is 7. The van der Waals surface area contributed by atoms with Gasteiger partial charge in [-0.25, -0.2) is 13.2 Å². The summed E-state index contributed by atoms with van der Waals surface area (Å²) in [6.07, 6.45) is 1.40. The van der Waals surface area contributed by atoms with Crippen molar-refractivity contribution in [1.82, 2.24) is 36.8 Å². The number of halogens is 3. The molecule has 1 saturated carbocycles. The molecule has 19 heteroatoms. The highest BCUT2D eigenvalue weighted by Crippen LogP contribution is 2.19. The molecular formula is C50H104F3N7O9. The van der Waals surface area contributed by atoms with E-state index in [-0.39, 0.29) is 103 Å². The number of ether oxygens (including phenoxy) is 1. The summed E-state index contributed by atoms with van der Waals surface area (Å²) in [5.41, 5.74) is 0. The van der Waals surface area contributed by atoms with Gasteiger partial charge in [-0.15, -0.1) is 0 Å². The van der Waals surface area contributed by atoms with E-state index in [2.05, 4.69) is 26.6 Å². The largest absolute Gasteiger partial charge is 0.383 e. The van der Waals surface area contributed by atoms with Crippen LogP contribution in [0.4, 0.5) is 13.2 Å². The van der Waals surface area contributed by atoms with E-state index < -0.39 is 31.5 Å². The smallest absolute Gasteiger partial charge is 0.262 e. The van der Waals surface area contributed by atoms with Crippen molar-refractivity contribution < 1.29 is 60.4 Å². The lowest BCUT2D eigenvalue weighted by molar-refractivity contribution is -0.132. The third-order valence-corrected chi connectivity index (χ3v) is 7.92. The van der Waals surface area contributed by atoms with E-state index in [1.165, 1.54) is 19.8 Å². The number of nitrogens with one attached hydrogen (secondary N) is 6. The third kappa shape index (κ3) is 70.4. The Kier molecular flexibility index (Phi) is 52.0. The second-order valence-corrected chi connectivity index (χ2v) is 18.6. The number of carbonyl (C=O) groups is 8. The second kappa shape index (κ2) is 48.7. The molecule has 0 bridgehead atoms. The van der Waals surface area contributed by atoms with Gasteiger partial charge in [-0.3, -0.25) is 38.4 Å². The lowest BCUT2D eigenvalue weighted by Gasteiger charge is -2.12. The Labute approximate surface area is 422 Å². The normalized spacial score (nSPS) is 12.2. The summed E-state index contributed by atoms with van der Waals surface area (Å²) in [7, 11) is 6.79. The highest BCUT2D eigenvalue weighted by Gasteiger charge is 2.24. The first kappa shape index (κ1) is 73.7. The summed E-state index contributed by atoms with van der Waals surface area (Å²) in [4.78, 5) is 86.8. The fourth-order valence-electron chi connectivity index (χ4n) is 2.92. The molecular weight excluding hydrogens is 900 g/mol. The molecule has 1 rings (SSSR count). The summed E-state index contributed by atoms with van der Waals surface area (Å²) in [6.45, 7) is 31.2. The number of hydrogen-bond acceptors (Lipinski definition) is 9. The molecule has 0 radical (unpaired) electrons. The van der Waals surface area contributed by atoms with Crippen LogP contribution in [-0.2, 0) is 43.1 Å². The minimum Gasteiger partial charge on any atom is -0.383 e. The summed E-state index contributed by atoms with van der Waals surface area (Å²) >= 11 is 0. The van der Waals surface area contributed by atoms with Gasteiger partial charge in [0, 0.05) is 113 Å². The van der Waals surface area contributed by atoms with E-state index in [0.717, 1.165) is 6.92 Å². The van der Waals surface area contributed by atoms with Crippen molar-refractivity contribution in [2.24, 2.45) is 47.3 Å². The monoisotopic (exact) mass is 1010 g/mol. The van der Waals surface area contributed by atoms with Crippen LogP contribution >= 0.6 is 0 Å². The van der Waals surface area contributed by atoms with Crippen LogP contribution in [0.3, 0.4) is 0 Å². The van der Waals surface area contributed by atoms with Crippen molar-refractivity contribution in [2.75, 3.05) is 61.5 Å². The molecule has 7 amide bonds. The molecule has 1 aliphatic rings. The van der Waals surface area contributed by atoms with Gasteiger partial charge in [0.05, 0.1) is 13.2 Å². The van der Waals surface area contributed by atoms with Crippen LogP contribution in [0.15, 0.2) is 0 Å². The highest BCUT2D eigenvalue weighted by molar-refractivity contribution is 5.80. The van der Waals surface area contributed by atoms with Gasteiger partial charge in [0.2, 0.25) is 41.4 Å². The second-order valence-electron chi connectivity index (χ2n) is 18.6. The van der Waals surface area contributed by atoms with Crippen molar-refractivity contribution in [2.45, 2.75) is 170 Å². The predicted molar refractivity (Wildman–Crippen MR) is 276 cm³/mol. The Morgan fingerprint density at radius 1 is 0.609 bits per heavy atom. The topological polar surface area (TPSA) is 221 Å². The van der Waals surface area contributed by atoms with Crippen LogP contribution in [0.25, 0.3) is 0 Å². The Morgan fingerprint density at radius 2 is 0.957 bits per heavy atom. The van der Waals surface area contributed by atoms with Gasteiger partial charge in [0.1, 0.15) is 12.0 Å². The third-order valence-electron chi connectivity index (χ3n) is 7.92. The van der Waals surface area contributed by atoms with Gasteiger partial charge >= 0.3 is 0 Å². The van der Waals surface area contributed by atoms with E-state index in [4.69, 9.17) is 8.85 Å². The molecule has 6 N–H and O–H groups in total. The molecule has 69 heavy (non-hydrogen) atoms. The molecule has 414 valence electrons. The zero-order valence-corrected chi connectivity index (χ0v) is 46.3. The van der Waals surface area contributed by atoms with Crippen LogP contribution in [0.1, 0.15) is 156 Å². The van der Waals surface area contributed by atoms with Crippen LogP contribution in [0, 0.1) is 47.3 Å². The summed E-state index contributed by atoms with van der Waals surface area (Å²) in [6, 6.07) is 0.514. The van der Waals surface area contributed by atoms with Crippen LogP contribution in [0.5, 0.6) is 0 Å². The average molecular weight is 1010 g/mol. The van der Waals surface area contributed by atoms with Gasteiger partial charge in [-0.05, 0) is 26.7 Å². The molecule has 1 atom stereocenters. The van der Waals surface area contributed by atoms with Crippen LogP contribution in [0.2, 0.25) is 0 Å². The molecule has 16 nitrogen and oxygen atoms in total. The van der Waals surface area contributed by atoms with E-state index >= 15 is 0 Å². The van der Waals surface area contributed by atoms with E-state index in [0.29, 0.717) is 19.2 Å². The zero-order chi connectivity index (χ0) is 58.2. The number of nitrogens with zero attached hydrogens (tertiary/aromatic N) is 1. The molecule has 1 aliphatic carbocycles. The lowest BCUT2D eigenvalue weighted by atomic mass is 10.1. The summed E-state index contributed by atoms with van der Waals surface area (Å²) in [5.74, 6) is -2.78. The Balaban J connectivity index is -0.000000109. The number of hydrogen-bond donors (Lipinski definition) is 6. The SMILES string of the molecule is C.CC(=O)C(C)C.CC(C)C(=O)N(C)C.CC(C)C(=O)NC1CC1.CC(C)C(=O)NCC(C)(F)F.CC(F)CNC(=O)C(C)C.CNC(=O)C(C)C.COCCNC(=O)C(C)C.[2H]C([2H])([2H])NC(=O)C(C)C. The highest BCUT2D eigenvalue weighted by atomic mass is 19.3. The Bertz CT molecular complexity index is 1450. The number of methoxy groups -OCH3 is 1. The van der Waals surface area contributed by atoms with Gasteiger partial charge in [0.25, 0.3) is 5.92 Å². The standard InChI is InChI=1S/C7H13F2NO.C7H14FNO.C7H15NO2.C7H13NO.C6H13NO.2C5H11NO.C5H10O.CH4/c1-5(2)6(11)10-4-7(3,8)9;1-5(2)7(10)9-4-6(3)8;1-6(2)7(9)8-4-5-10-3;1-5(2)7(9)8-6-3-4-6;1-5(2)6(8)7(3)4;2*1-4(2)5(7)6-3;1-4(2)5(3)6;/h5H,4H2,1-3H3,(H,10,11);5-6H,4H2,1-3H3,(H,9,10);6H,4-5H2,1-3H3,(H,8,9);5-6H,3-4H2,1-2H3,(H,8,9);5H,1-4H3;2*4H,1-3H3,(H,6,7);4H,1-3H3;1H4/i;;;;;3D3;;;. The molecule has 1 fully saturated rings. The van der Waals surface area contributed by atoms with Crippen LogP contribution < -0.4 is 31.9 Å². The molecule has 0 aliphatic heterocycles. The fourth-order valence-corrected chi connectivity index (χ4v) is 2.92. The van der Waals surface area contributed by atoms with Gasteiger partial charge in [-0.1, -0.05) is 118 Å². The van der Waals surface area contributed by atoms with Crippen molar-refractivity contribution >= 4 is 47.1 Å². The maximum Gasteiger partial charge on any atom is 0.262 e. The number of carbonyl (C=O) groups excluding carboxylic acids is 8. The van der Waals surface area contributed by atoms with E-state index in [9.17, 15) is 51.5 Å². The molecule has 1 unspecified atom stereocenters. The minimum absolute atomic E-state index is 0. The van der Waals surface area contributed by atoms with E-state index in [1.54, 1.807) is 81.6 Å². The lowest BCUT2D eigenvalue weighted by Crippen LogP contribution is -2.36. The molecule has 0 aromatic carbocycles. The molecule has 0 aromatic heterocycles.